The van der Waals surface area contributed by atoms with E-state index in [1.807, 2.05) is 12.1 Å². The van der Waals surface area contributed by atoms with Crippen molar-refractivity contribution in [2.75, 3.05) is 0 Å². The number of halogens is 3. The van der Waals surface area contributed by atoms with E-state index in [1.165, 1.54) is 17.4 Å². The first-order valence-electron chi connectivity index (χ1n) is 7.42. The van der Waals surface area contributed by atoms with E-state index >= 15 is 0 Å². The zero-order chi connectivity index (χ0) is 18.3. The predicted molar refractivity (Wildman–Crippen MR) is 96.9 cm³/mol. The van der Waals surface area contributed by atoms with E-state index in [0.717, 1.165) is 35.3 Å². The molecule has 0 unspecified atom stereocenters. The molecule has 0 saturated heterocycles. The summed E-state index contributed by atoms with van der Waals surface area (Å²) in [4.78, 5) is 5.17. The van der Waals surface area contributed by atoms with E-state index < -0.39 is 11.7 Å². The van der Waals surface area contributed by atoms with Gasteiger partial charge in [0.05, 0.1) is 17.5 Å². The molecule has 0 radical (unpaired) electrons. The van der Waals surface area contributed by atoms with Crippen LogP contribution in [0, 0.1) is 0 Å². The van der Waals surface area contributed by atoms with Crippen LogP contribution in [0.5, 0.6) is 0 Å². The Kier molecular flexibility index (Phi) is 5.99. The average Bonchev–Trinajstić information content (AvgIpc) is 3.20. The summed E-state index contributed by atoms with van der Waals surface area (Å²) in [6, 6.07) is 12.5. The van der Waals surface area contributed by atoms with Crippen molar-refractivity contribution in [3.05, 3.63) is 65.4 Å². The van der Waals surface area contributed by atoms with E-state index in [2.05, 4.69) is 10.1 Å². The second-order valence-corrected chi connectivity index (χ2v) is 7.28. The van der Waals surface area contributed by atoms with Gasteiger partial charge in [-0.2, -0.15) is 13.2 Å². The molecule has 0 amide bonds. The summed E-state index contributed by atoms with van der Waals surface area (Å²) in [5.74, 6) is 0. The molecule has 2 heterocycles. The van der Waals surface area contributed by atoms with Gasteiger partial charge in [0.25, 0.3) is 0 Å². The van der Waals surface area contributed by atoms with Crippen LogP contribution in [0.15, 0.2) is 59.1 Å². The quantitative estimate of drug-likeness (QED) is 0.382. The van der Waals surface area contributed by atoms with Crippen LogP contribution >= 0.6 is 23.3 Å². The molecule has 0 fully saturated rings. The summed E-state index contributed by atoms with van der Waals surface area (Å²) in [6.07, 6.45) is -2.59. The molecule has 0 aliphatic rings. The molecule has 0 bridgehead atoms. The van der Waals surface area contributed by atoms with Crippen LogP contribution < -0.4 is 29.6 Å². The normalized spacial score (nSPS) is 11.6. The van der Waals surface area contributed by atoms with Crippen molar-refractivity contribution in [3.63, 3.8) is 0 Å². The van der Waals surface area contributed by atoms with Gasteiger partial charge in [-0.3, -0.25) is 0 Å². The van der Waals surface area contributed by atoms with Crippen molar-refractivity contribution in [2.45, 2.75) is 10.5 Å². The number of fused-ring (bicyclic) bond motifs is 1. The minimum Gasteiger partial charge on any atom is -0.615 e. The third-order valence-corrected chi connectivity index (χ3v) is 5.29. The van der Waals surface area contributed by atoms with Gasteiger partial charge in [-0.05, 0) is 23.3 Å². The second kappa shape index (κ2) is 7.94. The Bertz CT molecular complexity index is 1040. The molecule has 4 aromatic rings. The van der Waals surface area contributed by atoms with E-state index in [1.54, 1.807) is 28.9 Å². The number of hydrogen-bond acceptors (Lipinski definition) is 4. The van der Waals surface area contributed by atoms with Crippen molar-refractivity contribution in [1.29, 1.82) is 0 Å². The molecule has 2 aromatic heterocycles. The number of rotatable bonds is 3. The molecule has 4 nitrogen and oxygen atoms in total. The summed E-state index contributed by atoms with van der Waals surface area (Å²) in [5, 5.41) is 11.5. The van der Waals surface area contributed by atoms with E-state index in [-0.39, 0.29) is 29.6 Å². The molecule has 4 rings (SSSR count). The minimum absolute atomic E-state index is 0. The maximum atomic E-state index is 12.9. The van der Waals surface area contributed by atoms with Crippen LogP contribution in [0.1, 0.15) is 5.56 Å². The molecule has 0 aliphatic carbocycles. The molecule has 27 heavy (non-hydrogen) atoms. The summed E-state index contributed by atoms with van der Waals surface area (Å²) in [5.41, 5.74) is 2.12. The Hall–Kier alpha value is -1.36. The fourth-order valence-corrected chi connectivity index (χ4v) is 3.71. The largest absolute Gasteiger partial charge is 1.00 e. The second-order valence-electron chi connectivity index (χ2n) is 5.48. The molecule has 1 N–H and O–H groups in total. The smallest absolute Gasteiger partial charge is 0.615 e. The standard InChI is InChI=1S/C17H10F3N4S2.Na/c18-17(19,20)13-3-1-2-12(8-13)10-4-6-11(7-5-10)14-9-24-15(22-14)25-16(23-24)26-21;/h1-9,21H;/q-1;+1. The minimum atomic E-state index is -4.36. The fourth-order valence-electron chi connectivity index (χ4n) is 2.57. The molecule has 0 saturated carbocycles. The van der Waals surface area contributed by atoms with Crippen LogP contribution in [0.25, 0.3) is 32.5 Å². The van der Waals surface area contributed by atoms with Crippen LogP contribution in [0.2, 0.25) is 0 Å². The maximum Gasteiger partial charge on any atom is 1.00 e. The van der Waals surface area contributed by atoms with Crippen LogP contribution in [-0.2, 0) is 6.18 Å². The van der Waals surface area contributed by atoms with Gasteiger partial charge in [-0.1, -0.05) is 47.7 Å². The van der Waals surface area contributed by atoms with Crippen LogP contribution in [-0.4, -0.2) is 14.6 Å². The van der Waals surface area contributed by atoms with Gasteiger partial charge in [0.15, 0.2) is 4.34 Å². The van der Waals surface area contributed by atoms with Gasteiger partial charge in [-0.25, -0.2) is 21.4 Å². The fraction of sp³-hybridized carbons (Fsp3) is 0.0588. The van der Waals surface area contributed by atoms with Crippen molar-refractivity contribution in [2.24, 2.45) is 0 Å². The van der Waals surface area contributed by atoms with Crippen LogP contribution in [0.3, 0.4) is 0 Å². The SMILES string of the molecule is [NH-]Sc1nn2cc(-c3ccc(-c4cccc(C(F)(F)F)c4)cc3)nc2s1.[Na+]. The van der Waals surface area contributed by atoms with E-state index in [0.29, 0.717) is 20.4 Å². The van der Waals surface area contributed by atoms with Crippen molar-refractivity contribution >= 4 is 28.2 Å². The first kappa shape index (κ1) is 20.4. The van der Waals surface area contributed by atoms with Gasteiger partial charge in [0, 0.05) is 5.56 Å². The summed E-state index contributed by atoms with van der Waals surface area (Å²) in [7, 11) is 0. The average molecular weight is 414 g/mol. The third-order valence-electron chi connectivity index (χ3n) is 3.82. The molecular formula is C17H10F3N4NaS2. The number of nitrogens with one attached hydrogen (secondary N) is 1. The van der Waals surface area contributed by atoms with Gasteiger partial charge in [0.2, 0.25) is 4.96 Å². The number of alkyl halides is 3. The predicted octanol–water partition coefficient (Wildman–Crippen LogP) is 3.21. The topological polar surface area (TPSA) is 54.0 Å². The molecule has 0 spiro atoms. The van der Waals surface area contributed by atoms with E-state index in [9.17, 15) is 13.2 Å². The van der Waals surface area contributed by atoms with Crippen molar-refractivity contribution < 1.29 is 42.7 Å². The molecule has 2 aromatic carbocycles. The zero-order valence-electron chi connectivity index (χ0n) is 14.0. The van der Waals surface area contributed by atoms with Crippen molar-refractivity contribution in [3.8, 4) is 22.4 Å². The van der Waals surface area contributed by atoms with Crippen molar-refractivity contribution in [1.82, 2.24) is 14.6 Å². The Morgan fingerprint density at radius 1 is 1.00 bits per heavy atom. The van der Waals surface area contributed by atoms with Crippen LogP contribution in [0.4, 0.5) is 13.2 Å². The number of hydrogen-bond donors (Lipinski definition) is 0. The van der Waals surface area contributed by atoms with E-state index in [4.69, 9.17) is 5.14 Å². The monoisotopic (exact) mass is 414 g/mol. The number of aromatic nitrogens is 3. The summed E-state index contributed by atoms with van der Waals surface area (Å²) in [6.45, 7) is 0. The Morgan fingerprint density at radius 3 is 2.33 bits per heavy atom. The summed E-state index contributed by atoms with van der Waals surface area (Å²) < 4.78 is 40.8. The van der Waals surface area contributed by atoms with Gasteiger partial charge in [-0.15, -0.1) is 5.10 Å². The Morgan fingerprint density at radius 2 is 1.70 bits per heavy atom. The Labute approximate surface area is 183 Å². The molecule has 10 heteroatoms. The van der Waals surface area contributed by atoms with Gasteiger partial charge >= 0.3 is 35.7 Å². The number of imidazole rings is 1. The zero-order valence-corrected chi connectivity index (χ0v) is 17.6. The molecule has 0 aliphatic heterocycles. The first-order valence-corrected chi connectivity index (χ1v) is 9.05. The summed E-state index contributed by atoms with van der Waals surface area (Å²) >= 11 is 2.15. The first-order chi connectivity index (χ1) is 12.4. The molecule has 132 valence electrons. The number of nitrogens with zero attached hydrogens (tertiary/aromatic N) is 3. The van der Waals surface area contributed by atoms with Gasteiger partial charge in [0.1, 0.15) is 0 Å². The molecule has 0 atom stereocenters. The Balaban J connectivity index is 0.00000210. The van der Waals surface area contributed by atoms with Gasteiger partial charge < -0.3 is 5.14 Å². The number of benzene rings is 2. The maximum absolute atomic E-state index is 12.9. The third kappa shape index (κ3) is 4.23. The molecular weight excluding hydrogens is 404 g/mol.